The van der Waals surface area contributed by atoms with E-state index in [1.165, 1.54) is 31.5 Å². The summed E-state index contributed by atoms with van der Waals surface area (Å²) < 4.78 is 0. The highest BCUT2D eigenvalue weighted by Gasteiger charge is 2.43. The van der Waals surface area contributed by atoms with E-state index in [0.29, 0.717) is 5.56 Å². The Morgan fingerprint density at radius 2 is 1.75 bits per heavy atom. The molecule has 3 heterocycles. The number of benzene rings is 1. The van der Waals surface area contributed by atoms with Gasteiger partial charge in [-0.1, -0.05) is 30.3 Å². The van der Waals surface area contributed by atoms with Gasteiger partial charge < -0.3 is 4.90 Å². The lowest BCUT2D eigenvalue weighted by molar-refractivity contribution is 0.0295. The molecule has 2 saturated heterocycles. The lowest BCUT2D eigenvalue weighted by atomic mass is 9.79. The summed E-state index contributed by atoms with van der Waals surface area (Å²) in [5, 5.41) is 6.63. The Bertz CT molecular complexity index is 669. The summed E-state index contributed by atoms with van der Waals surface area (Å²) in [4.78, 5) is 17.2. The number of aromatic amines is 1. The number of likely N-dealkylation sites (tertiary alicyclic amines) is 2. The number of carbonyl (C=O) groups is 1. The third kappa shape index (κ3) is 2.63. The molecule has 5 heteroatoms. The van der Waals surface area contributed by atoms with Gasteiger partial charge in [-0.2, -0.15) is 5.10 Å². The minimum atomic E-state index is 0.0882. The predicted octanol–water partition coefficient (Wildman–Crippen LogP) is 2.64. The molecule has 0 saturated carbocycles. The summed E-state index contributed by atoms with van der Waals surface area (Å²) in [7, 11) is 0. The Kier molecular flexibility index (Phi) is 4.10. The minimum Gasteiger partial charge on any atom is -0.338 e. The number of H-pyrrole nitrogens is 1. The van der Waals surface area contributed by atoms with Crippen LogP contribution >= 0.6 is 0 Å². The first-order chi connectivity index (χ1) is 11.8. The number of hydrogen-bond acceptors (Lipinski definition) is 3. The number of hydrogen-bond donors (Lipinski definition) is 1. The van der Waals surface area contributed by atoms with Crippen LogP contribution in [0, 0.1) is 0 Å². The topological polar surface area (TPSA) is 52.2 Å². The zero-order valence-corrected chi connectivity index (χ0v) is 13.9. The molecule has 1 amide bonds. The average molecular weight is 324 g/mol. The fraction of sp³-hybridized carbons (Fsp3) is 0.474. The van der Waals surface area contributed by atoms with Gasteiger partial charge in [0.25, 0.3) is 5.91 Å². The van der Waals surface area contributed by atoms with Crippen molar-refractivity contribution in [1.29, 1.82) is 0 Å². The van der Waals surface area contributed by atoms with Crippen molar-refractivity contribution < 1.29 is 4.79 Å². The number of nitrogens with zero attached hydrogens (tertiary/aromatic N) is 3. The second-order valence-corrected chi connectivity index (χ2v) is 6.87. The quantitative estimate of drug-likeness (QED) is 0.944. The van der Waals surface area contributed by atoms with Crippen molar-refractivity contribution in [1.82, 2.24) is 20.0 Å². The van der Waals surface area contributed by atoms with Gasteiger partial charge in [-0.25, -0.2) is 0 Å². The van der Waals surface area contributed by atoms with E-state index in [1.54, 1.807) is 12.4 Å². The van der Waals surface area contributed by atoms with E-state index in [9.17, 15) is 4.79 Å². The maximum absolute atomic E-state index is 12.6. The van der Waals surface area contributed by atoms with Gasteiger partial charge in [-0.3, -0.25) is 14.8 Å². The number of carbonyl (C=O) groups excluding carboxylic acids is 1. The summed E-state index contributed by atoms with van der Waals surface area (Å²) in [5.41, 5.74) is 2.15. The van der Waals surface area contributed by atoms with E-state index in [-0.39, 0.29) is 11.4 Å². The lowest BCUT2D eigenvalue weighted by Gasteiger charge is -2.48. The highest BCUT2D eigenvalue weighted by molar-refractivity contribution is 5.93. The highest BCUT2D eigenvalue weighted by atomic mass is 16.2. The Hall–Kier alpha value is -2.14. The van der Waals surface area contributed by atoms with Crippen LogP contribution in [0.4, 0.5) is 0 Å². The molecule has 2 aromatic rings. The van der Waals surface area contributed by atoms with Crippen molar-refractivity contribution >= 4 is 5.91 Å². The Labute approximate surface area is 142 Å². The van der Waals surface area contributed by atoms with Crippen molar-refractivity contribution in [2.45, 2.75) is 31.2 Å². The summed E-state index contributed by atoms with van der Waals surface area (Å²) in [6.07, 6.45) is 7.86. The van der Waals surface area contributed by atoms with Crippen molar-refractivity contribution in [2.24, 2.45) is 0 Å². The van der Waals surface area contributed by atoms with Crippen molar-refractivity contribution in [2.75, 3.05) is 26.2 Å². The van der Waals surface area contributed by atoms with Crippen molar-refractivity contribution in [3.63, 3.8) is 0 Å². The Balaban J connectivity index is 1.56. The maximum Gasteiger partial charge on any atom is 0.257 e. The SMILES string of the molecule is O=C(c1cn[nH]c1)N1CCC(c2ccccc2)(N2CCCC2)CC1. The first-order valence-electron chi connectivity index (χ1n) is 8.88. The third-order valence-electron chi connectivity index (χ3n) is 5.65. The molecule has 0 spiro atoms. The highest BCUT2D eigenvalue weighted by Crippen LogP contribution is 2.41. The molecule has 0 aliphatic carbocycles. The number of rotatable bonds is 3. The second-order valence-electron chi connectivity index (χ2n) is 6.87. The van der Waals surface area contributed by atoms with E-state index in [4.69, 9.17) is 0 Å². The Morgan fingerprint density at radius 3 is 2.38 bits per heavy atom. The largest absolute Gasteiger partial charge is 0.338 e. The number of nitrogens with one attached hydrogen (secondary N) is 1. The normalized spacial score (nSPS) is 21.1. The Morgan fingerprint density at radius 1 is 1.04 bits per heavy atom. The molecule has 4 rings (SSSR count). The molecule has 0 unspecified atom stereocenters. The van der Waals surface area contributed by atoms with Crippen LogP contribution in [0.15, 0.2) is 42.7 Å². The minimum absolute atomic E-state index is 0.0882. The number of piperidine rings is 1. The van der Waals surface area contributed by atoms with Crippen LogP contribution in [0.1, 0.15) is 41.6 Å². The monoisotopic (exact) mass is 324 g/mol. The van der Waals surface area contributed by atoms with E-state index < -0.39 is 0 Å². The molecule has 5 nitrogen and oxygen atoms in total. The summed E-state index contributed by atoms with van der Waals surface area (Å²) in [6.45, 7) is 3.94. The summed E-state index contributed by atoms with van der Waals surface area (Å²) >= 11 is 0. The van der Waals surface area contributed by atoms with Gasteiger partial charge in [-0.05, 0) is 44.3 Å². The van der Waals surface area contributed by atoms with Crippen molar-refractivity contribution in [3.05, 3.63) is 53.9 Å². The van der Waals surface area contributed by atoms with Gasteiger partial charge in [0.15, 0.2) is 0 Å². The molecule has 2 aliphatic heterocycles. The summed E-state index contributed by atoms with van der Waals surface area (Å²) in [6, 6.07) is 10.9. The zero-order valence-electron chi connectivity index (χ0n) is 13.9. The van der Waals surface area contributed by atoms with Gasteiger partial charge in [0.1, 0.15) is 0 Å². The smallest absolute Gasteiger partial charge is 0.257 e. The van der Waals surface area contributed by atoms with Gasteiger partial charge in [-0.15, -0.1) is 0 Å². The van der Waals surface area contributed by atoms with Crippen LogP contribution < -0.4 is 0 Å². The van der Waals surface area contributed by atoms with Crippen LogP contribution in [0.3, 0.4) is 0 Å². The molecule has 1 aromatic heterocycles. The number of aromatic nitrogens is 2. The second kappa shape index (κ2) is 6.40. The molecule has 24 heavy (non-hydrogen) atoms. The molecule has 0 atom stereocenters. The van der Waals surface area contributed by atoms with E-state index in [2.05, 4.69) is 45.4 Å². The molecule has 2 fully saturated rings. The predicted molar refractivity (Wildman–Crippen MR) is 92.7 cm³/mol. The standard InChI is InChI=1S/C19H24N4O/c24-18(16-14-20-21-15-16)22-12-8-19(9-13-22,23-10-4-5-11-23)17-6-2-1-3-7-17/h1-3,6-7,14-15H,4-5,8-13H2,(H,20,21). The van der Waals surface area contributed by atoms with Crippen molar-refractivity contribution in [3.8, 4) is 0 Å². The van der Waals surface area contributed by atoms with Crippen LogP contribution in [0.5, 0.6) is 0 Å². The first kappa shape index (κ1) is 15.4. The molecule has 2 aliphatic rings. The van der Waals surface area contributed by atoms with E-state index in [1.807, 2.05) is 4.90 Å². The average Bonchev–Trinajstić information content (AvgIpc) is 3.36. The molecule has 1 aromatic carbocycles. The van der Waals surface area contributed by atoms with E-state index >= 15 is 0 Å². The van der Waals surface area contributed by atoms with Gasteiger partial charge in [0.2, 0.25) is 0 Å². The summed E-state index contributed by atoms with van der Waals surface area (Å²) in [5.74, 6) is 0.0897. The van der Waals surface area contributed by atoms with E-state index in [0.717, 1.165) is 25.9 Å². The number of amides is 1. The molecule has 126 valence electrons. The fourth-order valence-corrected chi connectivity index (χ4v) is 4.31. The molecule has 1 N–H and O–H groups in total. The van der Waals surface area contributed by atoms with Crippen LogP contribution in [-0.4, -0.2) is 52.1 Å². The van der Waals surface area contributed by atoms with Crippen LogP contribution in [-0.2, 0) is 5.54 Å². The maximum atomic E-state index is 12.6. The van der Waals surface area contributed by atoms with Crippen LogP contribution in [0.25, 0.3) is 0 Å². The van der Waals surface area contributed by atoms with Gasteiger partial charge in [0, 0.05) is 24.8 Å². The fourth-order valence-electron chi connectivity index (χ4n) is 4.31. The van der Waals surface area contributed by atoms with Crippen LogP contribution in [0.2, 0.25) is 0 Å². The zero-order chi connectivity index (χ0) is 16.4. The molecule has 0 radical (unpaired) electrons. The van der Waals surface area contributed by atoms with Gasteiger partial charge >= 0.3 is 0 Å². The first-order valence-corrected chi connectivity index (χ1v) is 8.88. The molecular formula is C19H24N4O. The molecular weight excluding hydrogens is 300 g/mol. The van der Waals surface area contributed by atoms with Gasteiger partial charge in [0.05, 0.1) is 11.8 Å². The lowest BCUT2D eigenvalue weighted by Crippen LogP contribution is -2.53. The molecule has 0 bridgehead atoms. The third-order valence-corrected chi connectivity index (χ3v) is 5.65.